The first-order chi connectivity index (χ1) is 13.2. The van der Waals surface area contributed by atoms with Gasteiger partial charge in [-0.2, -0.15) is 0 Å². The molecule has 2 rings (SSSR count). The summed E-state index contributed by atoms with van der Waals surface area (Å²) >= 11 is 0. The van der Waals surface area contributed by atoms with E-state index < -0.39 is 8.07 Å². The highest BCUT2D eigenvalue weighted by Crippen LogP contribution is 2.49. The normalized spacial score (nSPS) is 14.4. The number of benzene rings is 2. The first-order valence-corrected chi connectivity index (χ1v) is 13.2. The minimum Gasteiger partial charge on any atom is -0.466 e. The Balaban J connectivity index is 2.46. The standard InChI is InChI=1S/C24H35NO2Si/c1-7-27-23(26)22(28(5,6)24(2,3)4)21(20-16-12-9-13-17-20)25-18-19-14-10-8-11-15-19/h8-17,21-22,25H,7,18H2,1-6H3. The summed E-state index contributed by atoms with van der Waals surface area (Å²) in [6.07, 6.45) is 0. The maximum atomic E-state index is 13.2. The van der Waals surface area contributed by atoms with Gasteiger partial charge in [0.05, 0.1) is 20.2 Å². The van der Waals surface area contributed by atoms with E-state index in [0.717, 1.165) is 5.56 Å². The van der Waals surface area contributed by atoms with Crippen molar-refractivity contribution in [3.63, 3.8) is 0 Å². The lowest BCUT2D eigenvalue weighted by Gasteiger charge is -2.45. The third-order valence-corrected chi connectivity index (χ3v) is 12.1. The van der Waals surface area contributed by atoms with Crippen LogP contribution in [0, 0.1) is 0 Å². The van der Waals surface area contributed by atoms with Gasteiger partial charge in [0, 0.05) is 12.6 Å². The number of carbonyl (C=O) groups is 1. The molecule has 3 nitrogen and oxygen atoms in total. The first-order valence-electron chi connectivity index (χ1n) is 10.2. The molecule has 2 aromatic rings. The van der Waals surface area contributed by atoms with Gasteiger partial charge in [-0.1, -0.05) is 94.5 Å². The van der Waals surface area contributed by atoms with E-state index in [1.165, 1.54) is 5.56 Å². The number of ether oxygens (including phenoxy) is 1. The summed E-state index contributed by atoms with van der Waals surface area (Å²) in [4.78, 5) is 13.2. The Hall–Kier alpha value is -1.91. The molecule has 0 amide bonds. The molecule has 4 heteroatoms. The van der Waals surface area contributed by atoms with Crippen molar-refractivity contribution in [2.75, 3.05) is 6.61 Å². The van der Waals surface area contributed by atoms with Crippen molar-refractivity contribution in [3.05, 3.63) is 71.8 Å². The van der Waals surface area contributed by atoms with Crippen LogP contribution in [0.1, 0.15) is 44.9 Å². The fraction of sp³-hybridized carbons (Fsp3) is 0.458. The molecule has 0 aliphatic rings. The van der Waals surface area contributed by atoms with Crippen LogP contribution < -0.4 is 5.32 Å². The third-order valence-electron chi connectivity index (χ3n) is 6.11. The quantitative estimate of drug-likeness (QED) is 0.441. The molecule has 0 heterocycles. The van der Waals surface area contributed by atoms with Crippen LogP contribution in [-0.4, -0.2) is 20.7 Å². The van der Waals surface area contributed by atoms with Crippen LogP contribution in [0.2, 0.25) is 23.7 Å². The second kappa shape index (κ2) is 9.53. The average Bonchev–Trinajstić information content (AvgIpc) is 2.65. The molecule has 0 aromatic heterocycles. The zero-order valence-electron chi connectivity index (χ0n) is 18.2. The lowest BCUT2D eigenvalue weighted by Crippen LogP contribution is -2.50. The summed E-state index contributed by atoms with van der Waals surface area (Å²) in [5.41, 5.74) is 2.17. The Morgan fingerprint density at radius 3 is 2.04 bits per heavy atom. The summed E-state index contributed by atoms with van der Waals surface area (Å²) in [6, 6.07) is 20.6. The highest BCUT2D eigenvalue weighted by molar-refractivity contribution is 6.84. The summed E-state index contributed by atoms with van der Waals surface area (Å²) in [6.45, 7) is 14.4. The molecule has 0 radical (unpaired) electrons. The highest BCUT2D eigenvalue weighted by Gasteiger charge is 2.50. The summed E-state index contributed by atoms with van der Waals surface area (Å²) in [5, 5.41) is 3.77. The van der Waals surface area contributed by atoms with Crippen LogP contribution in [0.15, 0.2) is 60.7 Å². The fourth-order valence-electron chi connectivity index (χ4n) is 3.46. The maximum absolute atomic E-state index is 13.2. The predicted octanol–water partition coefficient (Wildman–Crippen LogP) is 5.96. The molecule has 28 heavy (non-hydrogen) atoms. The number of nitrogens with one attached hydrogen (secondary N) is 1. The SMILES string of the molecule is CCOC(=O)C(C(NCc1ccccc1)c1ccccc1)[Si](C)(C)C(C)(C)C. The molecule has 0 aliphatic carbocycles. The maximum Gasteiger partial charge on any atom is 0.308 e. The van der Waals surface area contributed by atoms with Crippen LogP contribution in [-0.2, 0) is 16.1 Å². The van der Waals surface area contributed by atoms with E-state index in [9.17, 15) is 4.79 Å². The molecule has 0 bridgehead atoms. The Bertz CT molecular complexity index is 738. The van der Waals surface area contributed by atoms with Gasteiger partial charge >= 0.3 is 5.97 Å². The van der Waals surface area contributed by atoms with Crippen LogP contribution in [0.25, 0.3) is 0 Å². The number of hydrogen-bond acceptors (Lipinski definition) is 3. The van der Waals surface area contributed by atoms with Gasteiger partial charge < -0.3 is 10.1 Å². The third kappa shape index (κ3) is 5.33. The average molecular weight is 398 g/mol. The Kier molecular flexibility index (Phi) is 7.61. The van der Waals surface area contributed by atoms with Gasteiger partial charge in [-0.25, -0.2) is 0 Å². The molecule has 0 saturated heterocycles. The van der Waals surface area contributed by atoms with E-state index in [2.05, 4.69) is 63.4 Å². The minimum atomic E-state index is -2.06. The predicted molar refractivity (Wildman–Crippen MR) is 120 cm³/mol. The molecule has 2 atom stereocenters. The van der Waals surface area contributed by atoms with Gasteiger partial charge in [-0.3, -0.25) is 4.79 Å². The van der Waals surface area contributed by atoms with E-state index in [-0.39, 0.29) is 22.6 Å². The van der Waals surface area contributed by atoms with Crippen molar-refractivity contribution in [2.24, 2.45) is 0 Å². The van der Waals surface area contributed by atoms with Crippen LogP contribution in [0.5, 0.6) is 0 Å². The van der Waals surface area contributed by atoms with Crippen molar-refractivity contribution in [1.29, 1.82) is 0 Å². The summed E-state index contributed by atoms with van der Waals surface area (Å²) in [5.74, 6) is -0.0801. The molecular formula is C24H35NO2Si. The van der Waals surface area contributed by atoms with Crippen molar-refractivity contribution in [1.82, 2.24) is 5.32 Å². The number of hydrogen-bond donors (Lipinski definition) is 1. The van der Waals surface area contributed by atoms with Crippen LogP contribution in [0.4, 0.5) is 0 Å². The lowest BCUT2D eigenvalue weighted by molar-refractivity contribution is -0.144. The molecule has 0 saturated carbocycles. The van der Waals surface area contributed by atoms with Gasteiger partial charge in [0.15, 0.2) is 0 Å². The first kappa shape index (κ1) is 22.4. The highest BCUT2D eigenvalue weighted by atomic mass is 28.3. The Morgan fingerprint density at radius 2 is 1.54 bits per heavy atom. The Labute approximate surface area is 171 Å². The molecule has 2 unspecified atom stereocenters. The van der Waals surface area contributed by atoms with Gasteiger partial charge in [-0.05, 0) is 23.1 Å². The van der Waals surface area contributed by atoms with E-state index in [1.54, 1.807) is 0 Å². The topological polar surface area (TPSA) is 38.3 Å². The van der Waals surface area contributed by atoms with E-state index >= 15 is 0 Å². The van der Waals surface area contributed by atoms with Crippen LogP contribution >= 0.6 is 0 Å². The zero-order chi connectivity index (χ0) is 20.8. The molecular weight excluding hydrogens is 362 g/mol. The van der Waals surface area contributed by atoms with Crippen LogP contribution in [0.3, 0.4) is 0 Å². The van der Waals surface area contributed by atoms with E-state index in [1.807, 2.05) is 43.3 Å². The number of carbonyl (C=O) groups excluding carboxylic acids is 1. The molecule has 1 N–H and O–H groups in total. The van der Waals surface area contributed by atoms with Gasteiger partial charge in [-0.15, -0.1) is 0 Å². The number of esters is 1. The van der Waals surface area contributed by atoms with E-state index in [4.69, 9.17) is 4.74 Å². The monoisotopic (exact) mass is 397 g/mol. The van der Waals surface area contributed by atoms with Gasteiger partial charge in [0.2, 0.25) is 0 Å². The molecule has 0 fully saturated rings. The van der Waals surface area contributed by atoms with E-state index in [0.29, 0.717) is 13.2 Å². The van der Waals surface area contributed by atoms with Crippen molar-refractivity contribution in [3.8, 4) is 0 Å². The second-order valence-electron chi connectivity index (χ2n) is 8.96. The second-order valence-corrected chi connectivity index (χ2v) is 14.5. The zero-order valence-corrected chi connectivity index (χ0v) is 19.2. The van der Waals surface area contributed by atoms with Crippen molar-refractivity contribution in [2.45, 2.75) is 64.0 Å². The fourth-order valence-corrected chi connectivity index (χ4v) is 6.21. The molecule has 0 aliphatic heterocycles. The van der Waals surface area contributed by atoms with Crippen molar-refractivity contribution < 1.29 is 9.53 Å². The summed E-state index contributed by atoms with van der Waals surface area (Å²) in [7, 11) is -2.06. The summed E-state index contributed by atoms with van der Waals surface area (Å²) < 4.78 is 5.60. The number of rotatable bonds is 8. The lowest BCUT2D eigenvalue weighted by atomic mass is 10.0. The molecule has 2 aromatic carbocycles. The molecule has 152 valence electrons. The Morgan fingerprint density at radius 1 is 1.00 bits per heavy atom. The van der Waals surface area contributed by atoms with Crippen molar-refractivity contribution >= 4 is 14.0 Å². The smallest absolute Gasteiger partial charge is 0.308 e. The van der Waals surface area contributed by atoms with Gasteiger partial charge in [0.1, 0.15) is 0 Å². The van der Waals surface area contributed by atoms with Gasteiger partial charge in [0.25, 0.3) is 0 Å². The largest absolute Gasteiger partial charge is 0.466 e. The minimum absolute atomic E-state index is 0.0614. The molecule has 0 spiro atoms.